The summed E-state index contributed by atoms with van der Waals surface area (Å²) < 4.78 is 4.76. The molecular weight excluding hydrogens is 189 g/mol. The van der Waals surface area contributed by atoms with Crippen LogP contribution >= 0.6 is 23.2 Å². The largest absolute Gasteiger partial charge is 0.480 e. The summed E-state index contributed by atoms with van der Waals surface area (Å²) in [6, 6.07) is 0. The minimum Gasteiger partial charge on any atom is -0.480 e. The SMILES string of the molecule is COc1nc(N)nc(Cl)c1Cl. The van der Waals surface area contributed by atoms with Crippen LogP contribution in [0.3, 0.4) is 0 Å². The second kappa shape index (κ2) is 3.11. The Balaban J connectivity index is 3.24. The van der Waals surface area contributed by atoms with Crippen LogP contribution in [0.2, 0.25) is 10.2 Å². The van der Waals surface area contributed by atoms with Gasteiger partial charge in [0, 0.05) is 0 Å². The lowest BCUT2D eigenvalue weighted by molar-refractivity contribution is 0.398. The van der Waals surface area contributed by atoms with Crippen molar-refractivity contribution < 1.29 is 4.74 Å². The van der Waals surface area contributed by atoms with E-state index in [1.807, 2.05) is 0 Å². The van der Waals surface area contributed by atoms with Crippen molar-refractivity contribution in [1.29, 1.82) is 0 Å². The lowest BCUT2D eigenvalue weighted by Crippen LogP contribution is -1.98. The lowest BCUT2D eigenvalue weighted by atomic mass is 10.6. The van der Waals surface area contributed by atoms with Crippen molar-refractivity contribution in [1.82, 2.24) is 9.97 Å². The fourth-order valence-corrected chi connectivity index (χ4v) is 0.880. The molecular formula is C5H5Cl2N3O. The quantitative estimate of drug-likeness (QED) is 0.685. The van der Waals surface area contributed by atoms with Crippen molar-refractivity contribution >= 4 is 29.2 Å². The average Bonchev–Trinajstić information content (AvgIpc) is 1.96. The highest BCUT2D eigenvalue weighted by Gasteiger charge is 2.08. The van der Waals surface area contributed by atoms with E-state index in [4.69, 9.17) is 33.7 Å². The standard InChI is InChI=1S/C5H5Cl2N3O/c1-11-4-2(6)3(7)9-5(8)10-4/h1H3,(H2,8,9,10). The van der Waals surface area contributed by atoms with Gasteiger partial charge < -0.3 is 10.5 Å². The molecule has 0 aliphatic heterocycles. The van der Waals surface area contributed by atoms with Crippen LogP contribution < -0.4 is 10.5 Å². The zero-order chi connectivity index (χ0) is 8.43. The number of anilines is 1. The van der Waals surface area contributed by atoms with Crippen LogP contribution in [0.5, 0.6) is 5.88 Å². The van der Waals surface area contributed by atoms with E-state index in [9.17, 15) is 0 Å². The van der Waals surface area contributed by atoms with E-state index in [1.54, 1.807) is 0 Å². The average molecular weight is 194 g/mol. The predicted octanol–water partition coefficient (Wildman–Crippen LogP) is 1.37. The molecule has 0 saturated carbocycles. The van der Waals surface area contributed by atoms with Crippen molar-refractivity contribution in [3.05, 3.63) is 10.2 Å². The van der Waals surface area contributed by atoms with Gasteiger partial charge in [-0.25, -0.2) is 0 Å². The van der Waals surface area contributed by atoms with Crippen LogP contribution in [0.15, 0.2) is 0 Å². The van der Waals surface area contributed by atoms with Crippen LogP contribution in [0, 0.1) is 0 Å². The van der Waals surface area contributed by atoms with Crippen LogP contribution in [0.4, 0.5) is 5.95 Å². The maximum Gasteiger partial charge on any atom is 0.238 e. The van der Waals surface area contributed by atoms with Gasteiger partial charge in [0.05, 0.1) is 7.11 Å². The molecule has 0 radical (unpaired) electrons. The van der Waals surface area contributed by atoms with Crippen molar-refractivity contribution in [2.45, 2.75) is 0 Å². The fraction of sp³-hybridized carbons (Fsp3) is 0.200. The summed E-state index contributed by atoms with van der Waals surface area (Å²) >= 11 is 11.2. The third-order valence-corrected chi connectivity index (χ3v) is 1.70. The smallest absolute Gasteiger partial charge is 0.238 e. The Kier molecular flexibility index (Phi) is 2.36. The molecule has 0 aliphatic carbocycles. The van der Waals surface area contributed by atoms with E-state index >= 15 is 0 Å². The highest BCUT2D eigenvalue weighted by molar-refractivity contribution is 6.42. The van der Waals surface area contributed by atoms with Crippen molar-refractivity contribution in [3.63, 3.8) is 0 Å². The molecule has 0 aliphatic rings. The number of hydrogen-bond donors (Lipinski definition) is 1. The molecule has 0 saturated heterocycles. The Morgan fingerprint density at radius 3 is 2.55 bits per heavy atom. The Morgan fingerprint density at radius 2 is 2.00 bits per heavy atom. The molecule has 0 spiro atoms. The van der Waals surface area contributed by atoms with Crippen molar-refractivity contribution in [3.8, 4) is 5.88 Å². The van der Waals surface area contributed by atoms with Gasteiger partial charge in [-0.2, -0.15) is 9.97 Å². The molecule has 60 valence electrons. The van der Waals surface area contributed by atoms with E-state index < -0.39 is 0 Å². The molecule has 6 heteroatoms. The van der Waals surface area contributed by atoms with Gasteiger partial charge in [0.15, 0.2) is 5.15 Å². The summed E-state index contributed by atoms with van der Waals surface area (Å²) in [6.07, 6.45) is 0. The van der Waals surface area contributed by atoms with E-state index in [-0.39, 0.29) is 22.0 Å². The van der Waals surface area contributed by atoms with E-state index in [2.05, 4.69) is 9.97 Å². The number of ether oxygens (including phenoxy) is 1. The Labute approximate surface area is 73.3 Å². The van der Waals surface area contributed by atoms with Crippen LogP contribution in [-0.2, 0) is 0 Å². The molecule has 0 amide bonds. The molecule has 0 fully saturated rings. The van der Waals surface area contributed by atoms with Gasteiger partial charge in [-0.05, 0) is 0 Å². The zero-order valence-corrected chi connectivity index (χ0v) is 7.15. The number of nitrogens with zero attached hydrogens (tertiary/aromatic N) is 2. The highest BCUT2D eigenvalue weighted by Crippen LogP contribution is 2.28. The van der Waals surface area contributed by atoms with Gasteiger partial charge in [0.2, 0.25) is 11.8 Å². The van der Waals surface area contributed by atoms with Crippen LogP contribution in [-0.4, -0.2) is 17.1 Å². The topological polar surface area (TPSA) is 61.0 Å². The van der Waals surface area contributed by atoms with Gasteiger partial charge in [-0.15, -0.1) is 0 Å². The van der Waals surface area contributed by atoms with E-state index in [0.717, 1.165) is 0 Å². The first-order valence-electron chi connectivity index (χ1n) is 2.67. The first kappa shape index (κ1) is 8.36. The van der Waals surface area contributed by atoms with Gasteiger partial charge in [0.1, 0.15) is 5.02 Å². The molecule has 0 unspecified atom stereocenters. The molecule has 1 aromatic rings. The molecule has 11 heavy (non-hydrogen) atoms. The number of hydrogen-bond acceptors (Lipinski definition) is 4. The predicted molar refractivity (Wildman–Crippen MR) is 43.0 cm³/mol. The monoisotopic (exact) mass is 193 g/mol. The molecule has 2 N–H and O–H groups in total. The molecule has 4 nitrogen and oxygen atoms in total. The maximum absolute atomic E-state index is 5.63. The van der Waals surface area contributed by atoms with E-state index in [1.165, 1.54) is 7.11 Å². The first-order chi connectivity index (χ1) is 5.15. The minimum atomic E-state index is 0.0382. The number of halogens is 2. The third-order valence-electron chi connectivity index (χ3n) is 0.991. The Hall–Kier alpha value is -0.740. The van der Waals surface area contributed by atoms with Gasteiger partial charge in [-0.1, -0.05) is 23.2 Å². The van der Waals surface area contributed by atoms with Crippen LogP contribution in [0.25, 0.3) is 0 Å². The summed E-state index contributed by atoms with van der Waals surface area (Å²) in [5, 5.41) is 0.263. The molecule has 1 aromatic heterocycles. The normalized spacial score (nSPS) is 9.73. The number of methoxy groups -OCH3 is 1. The zero-order valence-electron chi connectivity index (χ0n) is 5.64. The molecule has 0 aromatic carbocycles. The summed E-state index contributed by atoms with van der Waals surface area (Å²) in [5.74, 6) is 0.223. The van der Waals surface area contributed by atoms with Gasteiger partial charge in [0.25, 0.3) is 0 Å². The number of nitrogens with two attached hydrogens (primary N) is 1. The molecule has 0 bridgehead atoms. The van der Waals surface area contributed by atoms with E-state index in [0.29, 0.717) is 0 Å². The summed E-state index contributed by atoms with van der Waals surface area (Å²) in [7, 11) is 1.42. The third kappa shape index (κ3) is 1.64. The second-order valence-electron chi connectivity index (χ2n) is 1.70. The van der Waals surface area contributed by atoms with Gasteiger partial charge >= 0.3 is 0 Å². The number of rotatable bonds is 1. The second-order valence-corrected chi connectivity index (χ2v) is 2.43. The van der Waals surface area contributed by atoms with Crippen molar-refractivity contribution in [2.75, 3.05) is 12.8 Å². The van der Waals surface area contributed by atoms with Crippen LogP contribution in [0.1, 0.15) is 0 Å². The highest BCUT2D eigenvalue weighted by atomic mass is 35.5. The lowest BCUT2D eigenvalue weighted by Gasteiger charge is -2.02. The Bertz CT molecular complexity index is 279. The minimum absolute atomic E-state index is 0.0382. The molecule has 1 rings (SSSR count). The van der Waals surface area contributed by atoms with Crippen molar-refractivity contribution in [2.24, 2.45) is 0 Å². The first-order valence-corrected chi connectivity index (χ1v) is 3.43. The summed E-state index contributed by atoms with van der Waals surface area (Å²) in [4.78, 5) is 7.28. The number of nitrogen functional groups attached to an aromatic ring is 1. The summed E-state index contributed by atoms with van der Waals surface area (Å²) in [6.45, 7) is 0. The molecule has 1 heterocycles. The maximum atomic E-state index is 5.63. The molecule has 0 atom stereocenters. The summed E-state index contributed by atoms with van der Waals surface area (Å²) in [5.41, 5.74) is 5.26. The van der Waals surface area contributed by atoms with Gasteiger partial charge in [-0.3, -0.25) is 0 Å². The fourth-order valence-electron chi connectivity index (χ4n) is 0.551. The number of aromatic nitrogens is 2. The Morgan fingerprint density at radius 1 is 1.36 bits per heavy atom.